The van der Waals surface area contributed by atoms with Crippen molar-refractivity contribution < 1.29 is 4.74 Å². The summed E-state index contributed by atoms with van der Waals surface area (Å²) in [4.78, 5) is 0. The van der Waals surface area contributed by atoms with Gasteiger partial charge in [0.1, 0.15) is 5.75 Å². The number of aryl methyl sites for hydroxylation is 2. The molecule has 0 aliphatic carbocycles. The lowest BCUT2D eigenvalue weighted by atomic mass is 10.1. The zero-order valence-corrected chi connectivity index (χ0v) is 12.0. The minimum Gasteiger partial charge on any atom is -0.437 e. The van der Waals surface area contributed by atoms with Crippen LogP contribution < -0.4 is 4.74 Å². The Balaban J connectivity index is 2.06. The quantitative estimate of drug-likeness (QED) is 0.684. The number of fused-ring (bicyclic) bond motifs is 1. The second-order valence-electron chi connectivity index (χ2n) is 4.65. The molecule has 3 rings (SSSR count). The van der Waals surface area contributed by atoms with Crippen molar-refractivity contribution in [3.63, 3.8) is 0 Å². The molecule has 0 bridgehead atoms. The van der Waals surface area contributed by atoms with Crippen LogP contribution in [0.4, 0.5) is 0 Å². The van der Waals surface area contributed by atoms with Crippen LogP contribution in [0.2, 0.25) is 5.02 Å². The summed E-state index contributed by atoms with van der Waals surface area (Å²) in [6.07, 6.45) is 0. The molecule has 4 heteroatoms. The highest BCUT2D eigenvalue weighted by atomic mass is 35.5. The number of ether oxygens (including phenoxy) is 1. The molecule has 2 aromatic carbocycles. The predicted octanol–water partition coefficient (Wildman–Crippen LogP) is 4.69. The maximum Gasteiger partial charge on any atom is 0.246 e. The van der Waals surface area contributed by atoms with E-state index >= 15 is 0 Å². The van der Waals surface area contributed by atoms with Gasteiger partial charge in [-0.3, -0.25) is 0 Å². The number of hydrogen-bond donors (Lipinski definition) is 0. The van der Waals surface area contributed by atoms with E-state index in [9.17, 15) is 0 Å². The van der Waals surface area contributed by atoms with Gasteiger partial charge in [-0.25, -0.2) is 0 Å². The minimum atomic E-state index is 0.507. The van der Waals surface area contributed by atoms with Gasteiger partial charge < -0.3 is 4.74 Å². The van der Waals surface area contributed by atoms with Crippen LogP contribution in [-0.2, 0) is 0 Å². The van der Waals surface area contributed by atoms with Crippen molar-refractivity contribution in [3.8, 4) is 11.6 Å². The Bertz CT molecular complexity index is 787. The van der Waals surface area contributed by atoms with Crippen molar-refractivity contribution in [1.29, 1.82) is 0 Å². The number of benzene rings is 2. The van der Waals surface area contributed by atoms with E-state index in [0.717, 1.165) is 27.1 Å². The molecule has 0 saturated carbocycles. The van der Waals surface area contributed by atoms with E-state index < -0.39 is 0 Å². The van der Waals surface area contributed by atoms with Gasteiger partial charge in [0.25, 0.3) is 0 Å². The van der Waals surface area contributed by atoms with Gasteiger partial charge in [-0.05, 0) is 43.7 Å². The second-order valence-corrected chi connectivity index (χ2v) is 5.06. The van der Waals surface area contributed by atoms with Crippen LogP contribution in [0.5, 0.6) is 11.6 Å². The predicted molar refractivity (Wildman–Crippen MR) is 80.5 cm³/mol. The molecule has 0 amide bonds. The van der Waals surface area contributed by atoms with Crippen LogP contribution in [-0.4, -0.2) is 10.2 Å². The van der Waals surface area contributed by atoms with Gasteiger partial charge in [0.05, 0.1) is 5.69 Å². The molecule has 0 radical (unpaired) electrons. The van der Waals surface area contributed by atoms with Crippen molar-refractivity contribution in [1.82, 2.24) is 10.2 Å². The molecule has 100 valence electrons. The van der Waals surface area contributed by atoms with Crippen molar-refractivity contribution >= 4 is 22.4 Å². The third-order valence-corrected chi connectivity index (χ3v) is 3.61. The Morgan fingerprint density at radius 1 is 0.950 bits per heavy atom. The van der Waals surface area contributed by atoms with E-state index in [4.69, 9.17) is 16.3 Å². The van der Waals surface area contributed by atoms with Gasteiger partial charge in [-0.2, -0.15) is 5.10 Å². The van der Waals surface area contributed by atoms with Crippen molar-refractivity contribution in [3.05, 3.63) is 58.7 Å². The highest BCUT2D eigenvalue weighted by molar-refractivity contribution is 6.31. The van der Waals surface area contributed by atoms with Gasteiger partial charge >= 0.3 is 0 Å². The summed E-state index contributed by atoms with van der Waals surface area (Å²) in [5.41, 5.74) is 1.86. The molecule has 3 nitrogen and oxygen atoms in total. The molecule has 20 heavy (non-hydrogen) atoms. The lowest BCUT2D eigenvalue weighted by molar-refractivity contribution is 0.461. The maximum absolute atomic E-state index is 6.02. The van der Waals surface area contributed by atoms with E-state index in [1.54, 1.807) is 0 Å². The van der Waals surface area contributed by atoms with E-state index in [1.807, 2.05) is 56.3 Å². The van der Waals surface area contributed by atoms with E-state index in [2.05, 4.69) is 10.2 Å². The first-order valence-electron chi connectivity index (χ1n) is 6.31. The lowest BCUT2D eigenvalue weighted by Gasteiger charge is -2.09. The summed E-state index contributed by atoms with van der Waals surface area (Å²) in [5, 5.41) is 11.0. The Labute approximate surface area is 122 Å². The Morgan fingerprint density at radius 3 is 2.45 bits per heavy atom. The molecular formula is C16H13ClN2O. The number of nitrogens with zero attached hydrogens (tertiary/aromatic N) is 2. The molecule has 0 N–H and O–H groups in total. The first-order valence-corrected chi connectivity index (χ1v) is 6.69. The fourth-order valence-corrected chi connectivity index (χ4v) is 2.20. The average molecular weight is 285 g/mol. The van der Waals surface area contributed by atoms with Gasteiger partial charge in [0, 0.05) is 15.8 Å². The average Bonchev–Trinajstić information content (AvgIpc) is 2.46. The standard InChI is InChI=1S/C16H13ClN2O/c1-10-9-12(7-8-15(10)17)20-16-14-6-4-3-5-13(14)11(2)18-19-16/h3-9H,1-2H3. The van der Waals surface area contributed by atoms with Crippen LogP contribution in [0, 0.1) is 13.8 Å². The molecular weight excluding hydrogens is 272 g/mol. The maximum atomic E-state index is 6.02. The number of aromatic nitrogens is 2. The third kappa shape index (κ3) is 2.32. The molecule has 0 aliphatic heterocycles. The summed E-state index contributed by atoms with van der Waals surface area (Å²) in [7, 11) is 0. The van der Waals surface area contributed by atoms with E-state index in [-0.39, 0.29) is 0 Å². The molecule has 0 atom stereocenters. The molecule has 1 aromatic heterocycles. The van der Waals surface area contributed by atoms with E-state index in [0.29, 0.717) is 11.6 Å². The number of rotatable bonds is 2. The smallest absolute Gasteiger partial charge is 0.246 e. The van der Waals surface area contributed by atoms with Gasteiger partial charge in [-0.1, -0.05) is 29.8 Å². The fraction of sp³-hybridized carbons (Fsp3) is 0.125. The van der Waals surface area contributed by atoms with Crippen LogP contribution in [0.15, 0.2) is 42.5 Å². The monoisotopic (exact) mass is 284 g/mol. The molecule has 3 aromatic rings. The lowest BCUT2D eigenvalue weighted by Crippen LogP contribution is -1.95. The van der Waals surface area contributed by atoms with Crippen molar-refractivity contribution in [2.24, 2.45) is 0 Å². The van der Waals surface area contributed by atoms with Crippen molar-refractivity contribution in [2.75, 3.05) is 0 Å². The molecule has 1 heterocycles. The van der Waals surface area contributed by atoms with Gasteiger partial charge in [0.15, 0.2) is 0 Å². The summed E-state index contributed by atoms with van der Waals surface area (Å²) >= 11 is 6.02. The number of halogens is 1. The van der Waals surface area contributed by atoms with Crippen LogP contribution in [0.3, 0.4) is 0 Å². The van der Waals surface area contributed by atoms with Gasteiger partial charge in [-0.15, -0.1) is 5.10 Å². The molecule has 0 saturated heterocycles. The Hall–Kier alpha value is -2.13. The highest BCUT2D eigenvalue weighted by Gasteiger charge is 2.08. The van der Waals surface area contributed by atoms with Gasteiger partial charge in [0.2, 0.25) is 5.88 Å². The summed E-state index contributed by atoms with van der Waals surface area (Å²) in [5.74, 6) is 1.21. The third-order valence-electron chi connectivity index (χ3n) is 3.18. The zero-order valence-electron chi connectivity index (χ0n) is 11.2. The second kappa shape index (κ2) is 5.10. The largest absolute Gasteiger partial charge is 0.437 e. The first-order chi connectivity index (χ1) is 9.65. The first kappa shape index (κ1) is 12.9. The topological polar surface area (TPSA) is 35.0 Å². The van der Waals surface area contributed by atoms with Crippen LogP contribution >= 0.6 is 11.6 Å². The SMILES string of the molecule is Cc1cc(Oc2nnc(C)c3ccccc23)ccc1Cl. The molecule has 0 aliphatic rings. The Kier molecular flexibility index (Phi) is 3.28. The zero-order chi connectivity index (χ0) is 14.1. The summed E-state index contributed by atoms with van der Waals surface area (Å²) in [6.45, 7) is 3.87. The fourth-order valence-electron chi connectivity index (χ4n) is 2.08. The Morgan fingerprint density at radius 2 is 1.70 bits per heavy atom. The molecule has 0 unspecified atom stereocenters. The summed E-state index contributed by atoms with van der Waals surface area (Å²) in [6, 6.07) is 13.5. The molecule has 0 spiro atoms. The molecule has 0 fully saturated rings. The normalized spacial score (nSPS) is 10.8. The van der Waals surface area contributed by atoms with E-state index in [1.165, 1.54) is 0 Å². The highest BCUT2D eigenvalue weighted by Crippen LogP contribution is 2.30. The summed E-state index contributed by atoms with van der Waals surface area (Å²) < 4.78 is 5.85. The van der Waals surface area contributed by atoms with Crippen LogP contribution in [0.1, 0.15) is 11.3 Å². The van der Waals surface area contributed by atoms with Crippen molar-refractivity contribution in [2.45, 2.75) is 13.8 Å². The number of hydrogen-bond acceptors (Lipinski definition) is 3. The van der Waals surface area contributed by atoms with Crippen LogP contribution in [0.25, 0.3) is 10.8 Å². The minimum absolute atomic E-state index is 0.507.